The minimum Gasteiger partial charge on any atom is -0.480 e. The van der Waals surface area contributed by atoms with E-state index in [1.807, 2.05) is 13.0 Å². The van der Waals surface area contributed by atoms with Gasteiger partial charge in [-0.15, -0.1) is 0 Å². The summed E-state index contributed by atoms with van der Waals surface area (Å²) in [6.07, 6.45) is 2.25. The zero-order valence-electron chi connectivity index (χ0n) is 11.4. The lowest BCUT2D eigenvalue weighted by Gasteiger charge is -2.14. The summed E-state index contributed by atoms with van der Waals surface area (Å²) in [5.74, 6) is -1.45. The SMILES string of the molecule is CCCCC(NC(=O)c1cccc(CC#N)c1)C(=O)O. The summed E-state index contributed by atoms with van der Waals surface area (Å²) in [5, 5.41) is 20.2. The molecule has 0 aliphatic carbocycles. The molecule has 0 radical (unpaired) electrons. The number of nitrogens with one attached hydrogen (secondary N) is 1. The van der Waals surface area contributed by atoms with Gasteiger partial charge in [-0.25, -0.2) is 4.79 Å². The Morgan fingerprint density at radius 1 is 1.45 bits per heavy atom. The number of nitriles is 1. The van der Waals surface area contributed by atoms with Gasteiger partial charge in [-0.3, -0.25) is 4.79 Å². The quantitative estimate of drug-likeness (QED) is 0.797. The second kappa shape index (κ2) is 7.95. The van der Waals surface area contributed by atoms with Crippen LogP contribution in [0.15, 0.2) is 24.3 Å². The van der Waals surface area contributed by atoms with E-state index in [2.05, 4.69) is 5.32 Å². The van der Waals surface area contributed by atoms with Crippen LogP contribution in [0.3, 0.4) is 0 Å². The third kappa shape index (κ3) is 4.73. The highest BCUT2D eigenvalue weighted by Gasteiger charge is 2.19. The number of carbonyl (C=O) groups is 2. The van der Waals surface area contributed by atoms with Gasteiger partial charge in [0.2, 0.25) is 0 Å². The zero-order chi connectivity index (χ0) is 15.0. The molecule has 0 aliphatic rings. The fourth-order valence-electron chi connectivity index (χ4n) is 1.82. The van der Waals surface area contributed by atoms with Gasteiger partial charge in [0.25, 0.3) is 5.91 Å². The van der Waals surface area contributed by atoms with Gasteiger partial charge in [0, 0.05) is 5.56 Å². The standard InChI is InChI=1S/C15H18N2O3/c1-2-3-7-13(15(19)20)17-14(18)12-6-4-5-11(10-12)8-9-16/h4-6,10,13H,2-3,7-8H2,1H3,(H,17,18)(H,19,20). The number of amides is 1. The molecule has 0 aromatic heterocycles. The molecule has 1 aromatic carbocycles. The molecule has 5 nitrogen and oxygen atoms in total. The van der Waals surface area contributed by atoms with Crippen LogP contribution >= 0.6 is 0 Å². The van der Waals surface area contributed by atoms with Crippen molar-refractivity contribution in [1.82, 2.24) is 5.32 Å². The third-order valence-corrected chi connectivity index (χ3v) is 2.92. The molecule has 0 saturated carbocycles. The maximum absolute atomic E-state index is 12.0. The van der Waals surface area contributed by atoms with E-state index in [0.29, 0.717) is 12.0 Å². The number of unbranched alkanes of at least 4 members (excludes halogenated alkanes) is 1. The minimum absolute atomic E-state index is 0.222. The maximum Gasteiger partial charge on any atom is 0.326 e. The summed E-state index contributed by atoms with van der Waals surface area (Å²) in [6.45, 7) is 1.96. The number of benzene rings is 1. The molecular weight excluding hydrogens is 256 g/mol. The average molecular weight is 274 g/mol. The van der Waals surface area contributed by atoms with Crippen LogP contribution in [0.4, 0.5) is 0 Å². The Balaban J connectivity index is 2.75. The highest BCUT2D eigenvalue weighted by Crippen LogP contribution is 2.08. The van der Waals surface area contributed by atoms with Gasteiger partial charge in [0.05, 0.1) is 12.5 Å². The van der Waals surface area contributed by atoms with Crippen molar-refractivity contribution in [3.05, 3.63) is 35.4 Å². The van der Waals surface area contributed by atoms with Gasteiger partial charge in [-0.05, 0) is 24.1 Å². The number of nitrogens with zero attached hydrogens (tertiary/aromatic N) is 1. The van der Waals surface area contributed by atoms with Crippen molar-refractivity contribution < 1.29 is 14.7 Å². The van der Waals surface area contributed by atoms with Gasteiger partial charge in [-0.2, -0.15) is 5.26 Å². The normalized spacial score (nSPS) is 11.4. The van der Waals surface area contributed by atoms with Crippen molar-refractivity contribution in [1.29, 1.82) is 5.26 Å². The van der Waals surface area contributed by atoms with Crippen LogP contribution in [-0.4, -0.2) is 23.0 Å². The van der Waals surface area contributed by atoms with E-state index in [-0.39, 0.29) is 6.42 Å². The molecular formula is C15H18N2O3. The topological polar surface area (TPSA) is 90.2 Å². The molecule has 0 heterocycles. The third-order valence-electron chi connectivity index (χ3n) is 2.92. The molecule has 1 rings (SSSR count). The summed E-state index contributed by atoms with van der Waals surface area (Å²) in [7, 11) is 0. The smallest absolute Gasteiger partial charge is 0.326 e. The lowest BCUT2D eigenvalue weighted by atomic mass is 10.1. The predicted octanol–water partition coefficient (Wildman–Crippen LogP) is 2.13. The predicted molar refractivity (Wildman–Crippen MR) is 74.2 cm³/mol. The first-order chi connectivity index (χ1) is 9.58. The molecule has 0 aliphatic heterocycles. The van der Waals surface area contributed by atoms with E-state index < -0.39 is 17.9 Å². The van der Waals surface area contributed by atoms with Crippen LogP contribution in [0.5, 0.6) is 0 Å². The van der Waals surface area contributed by atoms with Gasteiger partial charge in [0.1, 0.15) is 6.04 Å². The van der Waals surface area contributed by atoms with Crippen molar-refractivity contribution in [2.24, 2.45) is 0 Å². The summed E-state index contributed by atoms with van der Waals surface area (Å²) in [4.78, 5) is 23.1. The van der Waals surface area contributed by atoms with Crippen LogP contribution in [0, 0.1) is 11.3 Å². The molecule has 2 N–H and O–H groups in total. The van der Waals surface area contributed by atoms with Crippen LogP contribution in [0.25, 0.3) is 0 Å². The Hall–Kier alpha value is -2.35. The van der Waals surface area contributed by atoms with E-state index >= 15 is 0 Å². The van der Waals surface area contributed by atoms with E-state index in [0.717, 1.165) is 18.4 Å². The molecule has 1 unspecified atom stereocenters. The molecule has 0 bridgehead atoms. The maximum atomic E-state index is 12.0. The first-order valence-electron chi connectivity index (χ1n) is 6.58. The Morgan fingerprint density at radius 3 is 2.80 bits per heavy atom. The van der Waals surface area contributed by atoms with Gasteiger partial charge < -0.3 is 10.4 Å². The van der Waals surface area contributed by atoms with Crippen molar-refractivity contribution in [3.63, 3.8) is 0 Å². The van der Waals surface area contributed by atoms with Crippen molar-refractivity contribution >= 4 is 11.9 Å². The number of carboxylic acid groups (broad SMARTS) is 1. The van der Waals surface area contributed by atoms with Crippen molar-refractivity contribution in [2.75, 3.05) is 0 Å². The lowest BCUT2D eigenvalue weighted by molar-refractivity contribution is -0.139. The molecule has 1 atom stereocenters. The Bertz CT molecular complexity index is 520. The molecule has 1 amide bonds. The minimum atomic E-state index is -1.03. The van der Waals surface area contributed by atoms with Crippen LogP contribution in [0.2, 0.25) is 0 Å². The molecule has 1 aromatic rings. The number of hydrogen-bond donors (Lipinski definition) is 2. The fraction of sp³-hybridized carbons (Fsp3) is 0.400. The highest BCUT2D eigenvalue weighted by atomic mass is 16.4. The summed E-state index contributed by atoms with van der Waals surface area (Å²) >= 11 is 0. The number of carboxylic acids is 1. The van der Waals surface area contributed by atoms with Crippen LogP contribution in [0.1, 0.15) is 42.1 Å². The zero-order valence-corrected chi connectivity index (χ0v) is 11.4. The van der Waals surface area contributed by atoms with Gasteiger partial charge in [-0.1, -0.05) is 31.9 Å². The lowest BCUT2D eigenvalue weighted by Crippen LogP contribution is -2.40. The number of rotatable bonds is 7. The summed E-state index contributed by atoms with van der Waals surface area (Å²) < 4.78 is 0. The largest absolute Gasteiger partial charge is 0.480 e. The second-order valence-corrected chi connectivity index (χ2v) is 4.54. The van der Waals surface area contributed by atoms with E-state index in [4.69, 9.17) is 10.4 Å². The molecule has 5 heteroatoms. The van der Waals surface area contributed by atoms with Crippen molar-refractivity contribution in [3.8, 4) is 6.07 Å². The van der Waals surface area contributed by atoms with E-state index in [1.165, 1.54) is 0 Å². The molecule has 0 fully saturated rings. The number of hydrogen-bond acceptors (Lipinski definition) is 3. The number of carbonyl (C=O) groups excluding carboxylic acids is 1. The first-order valence-corrected chi connectivity index (χ1v) is 6.58. The Labute approximate surface area is 118 Å². The van der Waals surface area contributed by atoms with Crippen LogP contribution in [-0.2, 0) is 11.2 Å². The second-order valence-electron chi connectivity index (χ2n) is 4.54. The van der Waals surface area contributed by atoms with Gasteiger partial charge in [0.15, 0.2) is 0 Å². The Kier molecular flexibility index (Phi) is 6.24. The van der Waals surface area contributed by atoms with Crippen LogP contribution < -0.4 is 5.32 Å². The number of aliphatic carboxylic acids is 1. The summed E-state index contributed by atoms with van der Waals surface area (Å²) in [5.41, 5.74) is 1.11. The first kappa shape index (κ1) is 15.7. The summed E-state index contributed by atoms with van der Waals surface area (Å²) in [6, 6.07) is 7.79. The monoisotopic (exact) mass is 274 g/mol. The fourth-order valence-corrected chi connectivity index (χ4v) is 1.82. The molecule has 20 heavy (non-hydrogen) atoms. The average Bonchev–Trinajstić information content (AvgIpc) is 2.43. The van der Waals surface area contributed by atoms with Gasteiger partial charge >= 0.3 is 5.97 Å². The Morgan fingerprint density at radius 2 is 2.20 bits per heavy atom. The molecule has 106 valence electrons. The van der Waals surface area contributed by atoms with E-state index in [1.54, 1.807) is 24.3 Å². The highest BCUT2D eigenvalue weighted by molar-refractivity contribution is 5.96. The molecule has 0 saturated heterocycles. The van der Waals surface area contributed by atoms with E-state index in [9.17, 15) is 9.59 Å². The van der Waals surface area contributed by atoms with Crippen molar-refractivity contribution in [2.45, 2.75) is 38.6 Å². The molecule has 0 spiro atoms.